The number of aliphatic hydroxyl groups is 2. The highest BCUT2D eigenvalue weighted by Crippen LogP contribution is 2.42. The number of fused-ring (bicyclic) bond motifs is 6. The molecule has 612 valence electrons. The predicted octanol–water partition coefficient (Wildman–Crippen LogP) is 20.6. The lowest BCUT2D eigenvalue weighted by Crippen LogP contribution is -2.21. The van der Waals surface area contributed by atoms with E-state index < -0.39 is 11.9 Å². The summed E-state index contributed by atoms with van der Waals surface area (Å²) in [7, 11) is 1.33. The van der Waals surface area contributed by atoms with Crippen LogP contribution in [0.5, 0.6) is 11.5 Å². The van der Waals surface area contributed by atoms with Crippen LogP contribution in [0.2, 0.25) is 0 Å². The van der Waals surface area contributed by atoms with E-state index in [0.29, 0.717) is 76.2 Å². The van der Waals surface area contributed by atoms with E-state index in [2.05, 4.69) is 107 Å². The molecular formula is C99H83N11O13. The lowest BCUT2D eigenvalue weighted by atomic mass is 10.1. The maximum atomic E-state index is 11.6. The molecule has 123 heavy (non-hydrogen) atoms. The van der Waals surface area contributed by atoms with Crippen LogP contribution in [0.25, 0.3) is 123 Å². The van der Waals surface area contributed by atoms with E-state index in [4.69, 9.17) is 61.8 Å². The molecule has 1 aliphatic heterocycles. The Labute approximate surface area is 705 Å². The molecule has 24 heteroatoms. The monoisotopic (exact) mass is 1630 g/mol. The number of carbonyl (C=O) groups is 2. The van der Waals surface area contributed by atoms with E-state index in [9.17, 15) is 19.8 Å². The number of esters is 1. The molecule has 24 nitrogen and oxygen atoms in total. The molecule has 0 radical (unpaired) electrons. The van der Waals surface area contributed by atoms with E-state index in [1.54, 1.807) is 30.3 Å². The van der Waals surface area contributed by atoms with Gasteiger partial charge in [0.15, 0.2) is 40.3 Å². The summed E-state index contributed by atoms with van der Waals surface area (Å²) < 4.78 is 54.0. The number of ether oxygens (including phenoxy) is 3. The van der Waals surface area contributed by atoms with Crippen LogP contribution in [0.1, 0.15) is 68.9 Å². The van der Waals surface area contributed by atoms with Crippen molar-refractivity contribution < 1.29 is 61.2 Å². The van der Waals surface area contributed by atoms with Crippen LogP contribution in [0.4, 0.5) is 0 Å². The maximum Gasteiger partial charge on any atom is 0.373 e. The zero-order chi connectivity index (χ0) is 84.1. The molecule has 0 bridgehead atoms. The van der Waals surface area contributed by atoms with E-state index in [1.807, 2.05) is 225 Å². The molecule has 0 atom stereocenters. The average Bonchev–Trinajstić information content (AvgIpc) is 1.62. The third-order valence-electron chi connectivity index (χ3n) is 20.8. The zero-order valence-corrected chi connectivity index (χ0v) is 67.3. The van der Waals surface area contributed by atoms with Gasteiger partial charge in [0.2, 0.25) is 18.3 Å². The quantitative estimate of drug-likeness (QED) is 0.0564. The van der Waals surface area contributed by atoms with Crippen molar-refractivity contribution in [1.82, 2.24) is 53.8 Å². The van der Waals surface area contributed by atoms with Crippen LogP contribution in [-0.4, -0.2) is 108 Å². The number of hydrogen-bond acceptors (Lipinski definition) is 18. The van der Waals surface area contributed by atoms with Crippen LogP contribution in [-0.2, 0) is 44.1 Å². The van der Waals surface area contributed by atoms with Gasteiger partial charge in [-0.2, -0.15) is 25.5 Å². The number of rotatable bonds is 21. The number of aromatic nitrogens is 10. The van der Waals surface area contributed by atoms with Gasteiger partial charge < -0.3 is 51.6 Å². The van der Waals surface area contributed by atoms with Crippen LogP contribution in [0.3, 0.4) is 0 Å². The molecule has 21 rings (SSSR count). The lowest BCUT2D eigenvalue weighted by molar-refractivity contribution is 0.0565. The topological polar surface area (TPSA) is 281 Å². The third-order valence-corrected chi connectivity index (χ3v) is 20.8. The minimum atomic E-state index is -1.09. The molecule has 0 aliphatic carbocycles. The number of nitrogens with zero attached hydrogens (tertiary/aromatic N) is 11. The van der Waals surface area contributed by atoms with Crippen LogP contribution in [0, 0.1) is 0 Å². The van der Waals surface area contributed by atoms with Gasteiger partial charge in [-0.25, -0.2) is 19.0 Å². The fraction of sp³-hybridized carbons (Fsp3) is 0.121. The van der Waals surface area contributed by atoms with Crippen LogP contribution < -0.4 is 9.47 Å². The minimum Gasteiger partial charge on any atom is -0.475 e. The summed E-state index contributed by atoms with van der Waals surface area (Å²) in [6.45, 7) is 9.20. The summed E-state index contributed by atoms with van der Waals surface area (Å²) in [5, 5.41) is 56.2. The molecule has 0 unspecified atom stereocenters. The second-order valence-corrected chi connectivity index (χ2v) is 28.7. The number of benzene rings is 10. The Kier molecular flexibility index (Phi) is 23.8. The van der Waals surface area contributed by atoms with Crippen molar-refractivity contribution in [2.45, 2.75) is 53.2 Å². The summed E-state index contributed by atoms with van der Waals surface area (Å²) in [4.78, 5) is 25.0. The van der Waals surface area contributed by atoms with Gasteiger partial charge in [0.05, 0.1) is 72.2 Å². The van der Waals surface area contributed by atoms with E-state index in [-0.39, 0.29) is 31.5 Å². The molecule has 0 fully saturated rings. The predicted molar refractivity (Wildman–Crippen MR) is 469 cm³/mol. The number of methoxy groups -OCH3 is 1. The smallest absolute Gasteiger partial charge is 0.373 e. The van der Waals surface area contributed by atoms with Gasteiger partial charge in [0.25, 0.3) is 0 Å². The van der Waals surface area contributed by atoms with Crippen molar-refractivity contribution in [3.63, 3.8) is 0 Å². The molecule has 20 aromatic rings. The van der Waals surface area contributed by atoms with Gasteiger partial charge in [-0.15, -0.1) is 0 Å². The largest absolute Gasteiger partial charge is 0.475 e. The van der Waals surface area contributed by atoms with Crippen molar-refractivity contribution >= 4 is 66.5 Å². The van der Waals surface area contributed by atoms with Gasteiger partial charge in [0, 0.05) is 33.0 Å². The van der Waals surface area contributed by atoms with E-state index in [0.717, 1.165) is 126 Å². The number of carboxylic acid groups (broad SMARTS) is 1. The van der Waals surface area contributed by atoms with Crippen molar-refractivity contribution in [3.8, 4) is 80.1 Å². The van der Waals surface area contributed by atoms with E-state index >= 15 is 0 Å². The van der Waals surface area contributed by atoms with Gasteiger partial charge in [-0.1, -0.05) is 214 Å². The number of hydrogen-bond donors (Lipinski definition) is 3. The molecule has 3 N–H and O–H groups in total. The Bertz CT molecular complexity index is 6990. The van der Waals surface area contributed by atoms with Gasteiger partial charge in [0.1, 0.15) is 59.0 Å². The fourth-order valence-corrected chi connectivity index (χ4v) is 14.7. The first-order valence-electron chi connectivity index (χ1n) is 40.1. The number of furan rings is 5. The van der Waals surface area contributed by atoms with Gasteiger partial charge in [-0.3, -0.25) is 18.9 Å². The summed E-state index contributed by atoms with van der Waals surface area (Å²) in [6, 6.07) is 104. The molecule has 0 saturated heterocycles. The number of aromatic carboxylic acids is 1. The number of aliphatic hydroxyl groups excluding tert-OH is 2. The summed E-state index contributed by atoms with van der Waals surface area (Å²) in [5.41, 5.74) is 14.2. The van der Waals surface area contributed by atoms with Crippen LogP contribution >= 0.6 is 0 Å². The third kappa shape index (κ3) is 17.5. The Hall–Kier alpha value is -15.6. The van der Waals surface area contributed by atoms with Crippen LogP contribution in [0.15, 0.2) is 344 Å². The highest BCUT2D eigenvalue weighted by molar-refractivity contribution is 5.98. The molecule has 0 spiro atoms. The molecule has 10 aromatic heterocycles. The summed E-state index contributed by atoms with van der Waals surface area (Å²) in [5.74, 6) is 5.01. The molecule has 1 aliphatic rings. The minimum absolute atomic E-state index is 0.0988. The highest BCUT2D eigenvalue weighted by Gasteiger charge is 2.26. The first-order valence-corrected chi connectivity index (χ1v) is 40.1. The first kappa shape index (κ1) is 79.8. The molecule has 10 aromatic carbocycles. The SMILES string of the molecule is CCN(CC)Cc1ccc(-c2nn(Cc3ccccc3)c3ccccc23)o1.COC(=O)c1ccc(-c2nn(Cc3ccccc3)c3ccccc23)o1.O=C(O)c1ccc(-c2nn(-c3ccccc3)c3ccccc23)o1.OCc1ccc(-c2nn(-c3ccccc3)c3ccccc23)o1.OCc1ccc(-c2nn(Cc3ccccc3)c3cc4c(cc23)OCO4)o1. The highest BCUT2D eigenvalue weighted by atomic mass is 16.7. The molecule has 0 saturated carbocycles. The number of carbonyl (C=O) groups excluding carboxylic acids is 1. The lowest BCUT2D eigenvalue weighted by Gasteiger charge is -2.15. The number of carboxylic acids is 1. The first-order chi connectivity index (χ1) is 60.5. The Morgan fingerprint density at radius 1 is 0.358 bits per heavy atom. The van der Waals surface area contributed by atoms with E-state index in [1.165, 1.54) is 18.7 Å². The van der Waals surface area contributed by atoms with Crippen molar-refractivity contribution in [1.29, 1.82) is 0 Å². The average molecular weight is 1630 g/mol. The summed E-state index contributed by atoms with van der Waals surface area (Å²) in [6.07, 6.45) is 0. The number of para-hydroxylation sites is 6. The van der Waals surface area contributed by atoms with Crippen molar-refractivity contribution in [3.05, 3.63) is 367 Å². The summed E-state index contributed by atoms with van der Waals surface area (Å²) >= 11 is 0. The molecular weight excluding hydrogens is 1550 g/mol. The normalized spacial score (nSPS) is 11.5. The molecule has 0 amide bonds. The van der Waals surface area contributed by atoms with Crippen molar-refractivity contribution in [2.75, 3.05) is 27.0 Å². The van der Waals surface area contributed by atoms with Gasteiger partial charge >= 0.3 is 11.9 Å². The second kappa shape index (κ2) is 36.7. The zero-order valence-electron chi connectivity index (χ0n) is 67.3. The Balaban J connectivity index is 0.000000109. The molecule has 11 heterocycles. The second-order valence-electron chi connectivity index (χ2n) is 28.7. The Morgan fingerprint density at radius 2 is 0.691 bits per heavy atom. The standard InChI is InChI=1S/C23H25N3O.C20H16N2O4.C20H16N2O3.C18H12N2O3.C18H14N2O2/c1-3-25(4-2)17-19-14-15-22(27-19)23-20-12-8-9-13-21(20)26(24-23)16-18-10-6-5-7-11-18;23-11-14-6-7-17(26-14)20-15-8-18-19(25-12-24-18)9-16(15)22(21-20)10-13-4-2-1-3-5-13;1-24-20(23)18-12-11-17(25-18)19-15-9-5-6-10-16(15)22(21-19)13-14-7-3-2-4-8-14;21-18(22)16-11-10-15(23-16)17-13-8-4-5-9-14(13)20(19-17)12-6-2-1-3-7-12;21-12-14-10-11-17(22-14)18-15-8-4-5-9-16(15)20(19-18)13-6-2-1-3-7-13/h5-15H,3-4,16-17H2,1-2H3;1-9,23H,10-12H2;2-12H,13H2,1H3;1-11H,(H,21,22);1-11,21H,12H2. The van der Waals surface area contributed by atoms with Crippen molar-refractivity contribution in [2.24, 2.45) is 0 Å². The maximum absolute atomic E-state index is 11.6. The Morgan fingerprint density at radius 3 is 1.10 bits per heavy atom. The van der Waals surface area contributed by atoms with Gasteiger partial charge in [-0.05, 0) is 145 Å². The fourth-order valence-electron chi connectivity index (χ4n) is 14.7.